The van der Waals surface area contributed by atoms with Crippen LogP contribution in [0.4, 0.5) is 8.78 Å². The van der Waals surface area contributed by atoms with Gasteiger partial charge in [-0.3, -0.25) is 0 Å². The molecule has 0 aliphatic carbocycles. The second kappa shape index (κ2) is 7.90. The van der Waals surface area contributed by atoms with Crippen molar-refractivity contribution in [2.24, 2.45) is 0 Å². The standard InChI is InChI=1S/C18H21F2NO/c1-3-9-22-16-6-4-5-14(10-16)12-21-13(2)15-7-8-17(19)18(20)11-15/h4-8,10-11,13,21H,3,9,12H2,1-2H3. The molecule has 118 valence electrons. The lowest BCUT2D eigenvalue weighted by atomic mass is 10.1. The summed E-state index contributed by atoms with van der Waals surface area (Å²) in [4.78, 5) is 0. The van der Waals surface area contributed by atoms with E-state index in [1.54, 1.807) is 6.07 Å². The average molecular weight is 305 g/mol. The zero-order valence-corrected chi connectivity index (χ0v) is 12.9. The Morgan fingerprint density at radius 2 is 1.91 bits per heavy atom. The van der Waals surface area contributed by atoms with Crippen LogP contribution >= 0.6 is 0 Å². The third-order valence-corrected chi connectivity index (χ3v) is 3.43. The van der Waals surface area contributed by atoms with Gasteiger partial charge in [0.2, 0.25) is 0 Å². The van der Waals surface area contributed by atoms with Crippen molar-refractivity contribution < 1.29 is 13.5 Å². The van der Waals surface area contributed by atoms with Crippen LogP contribution in [0, 0.1) is 11.6 Å². The molecule has 0 bridgehead atoms. The van der Waals surface area contributed by atoms with Crippen molar-refractivity contribution in [3.63, 3.8) is 0 Å². The van der Waals surface area contributed by atoms with E-state index in [9.17, 15) is 8.78 Å². The van der Waals surface area contributed by atoms with Crippen molar-refractivity contribution in [1.29, 1.82) is 0 Å². The highest BCUT2D eigenvalue weighted by Gasteiger charge is 2.09. The molecule has 0 saturated carbocycles. The number of hydrogen-bond donors (Lipinski definition) is 1. The number of hydrogen-bond acceptors (Lipinski definition) is 2. The van der Waals surface area contributed by atoms with Crippen LogP contribution in [-0.4, -0.2) is 6.61 Å². The lowest BCUT2D eigenvalue weighted by Crippen LogP contribution is -2.18. The zero-order chi connectivity index (χ0) is 15.9. The Morgan fingerprint density at radius 3 is 2.64 bits per heavy atom. The van der Waals surface area contributed by atoms with Gasteiger partial charge in [-0.2, -0.15) is 0 Å². The van der Waals surface area contributed by atoms with E-state index >= 15 is 0 Å². The molecule has 2 rings (SSSR count). The minimum atomic E-state index is -0.822. The second-order valence-electron chi connectivity index (χ2n) is 5.27. The van der Waals surface area contributed by atoms with Gasteiger partial charge in [-0.15, -0.1) is 0 Å². The molecule has 2 nitrogen and oxygen atoms in total. The van der Waals surface area contributed by atoms with Gasteiger partial charge in [0.05, 0.1) is 6.61 Å². The molecular formula is C18H21F2NO. The van der Waals surface area contributed by atoms with E-state index < -0.39 is 11.6 Å². The summed E-state index contributed by atoms with van der Waals surface area (Å²) in [5.74, 6) is -0.792. The first-order valence-electron chi connectivity index (χ1n) is 7.50. The van der Waals surface area contributed by atoms with E-state index in [1.165, 1.54) is 6.07 Å². The van der Waals surface area contributed by atoms with E-state index in [0.717, 1.165) is 29.4 Å². The number of halogens is 2. The molecule has 2 aromatic rings. The van der Waals surface area contributed by atoms with Gasteiger partial charge in [-0.05, 0) is 48.7 Å². The SMILES string of the molecule is CCCOc1cccc(CNC(C)c2ccc(F)c(F)c2)c1. The monoisotopic (exact) mass is 305 g/mol. The summed E-state index contributed by atoms with van der Waals surface area (Å²) in [6.07, 6.45) is 0.968. The maximum Gasteiger partial charge on any atom is 0.159 e. The van der Waals surface area contributed by atoms with Crippen LogP contribution in [0.2, 0.25) is 0 Å². The topological polar surface area (TPSA) is 21.3 Å². The van der Waals surface area contributed by atoms with Crippen molar-refractivity contribution >= 4 is 0 Å². The molecule has 0 spiro atoms. The van der Waals surface area contributed by atoms with Gasteiger partial charge < -0.3 is 10.1 Å². The van der Waals surface area contributed by atoms with Crippen LogP contribution in [0.25, 0.3) is 0 Å². The van der Waals surface area contributed by atoms with Crippen LogP contribution in [0.1, 0.15) is 37.4 Å². The lowest BCUT2D eigenvalue weighted by Gasteiger charge is -2.15. The van der Waals surface area contributed by atoms with Gasteiger partial charge in [0.1, 0.15) is 5.75 Å². The Balaban J connectivity index is 1.95. The maximum atomic E-state index is 13.3. The van der Waals surface area contributed by atoms with Crippen molar-refractivity contribution in [2.75, 3.05) is 6.61 Å². The molecule has 1 unspecified atom stereocenters. The van der Waals surface area contributed by atoms with Gasteiger partial charge in [-0.25, -0.2) is 8.78 Å². The first-order valence-corrected chi connectivity index (χ1v) is 7.50. The van der Waals surface area contributed by atoms with E-state index in [1.807, 2.05) is 31.2 Å². The largest absolute Gasteiger partial charge is 0.494 e. The summed E-state index contributed by atoms with van der Waals surface area (Å²) in [5, 5.41) is 3.30. The summed E-state index contributed by atoms with van der Waals surface area (Å²) in [7, 11) is 0. The molecule has 4 heteroatoms. The molecule has 1 N–H and O–H groups in total. The number of ether oxygens (including phenoxy) is 1. The molecule has 0 saturated heterocycles. The van der Waals surface area contributed by atoms with Crippen LogP contribution in [0.3, 0.4) is 0 Å². The fourth-order valence-electron chi connectivity index (χ4n) is 2.14. The molecule has 1 atom stereocenters. The summed E-state index contributed by atoms with van der Waals surface area (Å²) in [6.45, 7) is 5.31. The number of rotatable bonds is 7. The van der Waals surface area contributed by atoms with Crippen LogP contribution in [0.5, 0.6) is 5.75 Å². The molecule has 0 heterocycles. The van der Waals surface area contributed by atoms with Gasteiger partial charge in [-0.1, -0.05) is 25.1 Å². The third-order valence-electron chi connectivity index (χ3n) is 3.43. The normalized spacial score (nSPS) is 12.2. The minimum Gasteiger partial charge on any atom is -0.494 e. The summed E-state index contributed by atoms with van der Waals surface area (Å²) in [5.41, 5.74) is 1.81. The van der Waals surface area contributed by atoms with E-state index in [4.69, 9.17) is 4.74 Å². The molecule has 0 aromatic heterocycles. The van der Waals surface area contributed by atoms with Gasteiger partial charge >= 0.3 is 0 Å². The quantitative estimate of drug-likeness (QED) is 0.807. The van der Waals surface area contributed by atoms with Crippen molar-refractivity contribution in [1.82, 2.24) is 5.32 Å². The molecule has 0 aliphatic heterocycles. The Kier molecular flexibility index (Phi) is 5.90. The zero-order valence-electron chi connectivity index (χ0n) is 12.9. The fourth-order valence-corrected chi connectivity index (χ4v) is 2.14. The highest BCUT2D eigenvalue weighted by atomic mass is 19.2. The van der Waals surface area contributed by atoms with Crippen LogP contribution in [-0.2, 0) is 6.54 Å². The van der Waals surface area contributed by atoms with E-state index in [-0.39, 0.29) is 6.04 Å². The second-order valence-corrected chi connectivity index (χ2v) is 5.27. The molecule has 22 heavy (non-hydrogen) atoms. The molecule has 2 aromatic carbocycles. The highest BCUT2D eigenvalue weighted by molar-refractivity contribution is 5.29. The van der Waals surface area contributed by atoms with Crippen molar-refractivity contribution in [3.8, 4) is 5.75 Å². The van der Waals surface area contributed by atoms with Crippen LogP contribution in [0.15, 0.2) is 42.5 Å². The van der Waals surface area contributed by atoms with Gasteiger partial charge in [0, 0.05) is 12.6 Å². The first kappa shape index (κ1) is 16.4. The first-order chi connectivity index (χ1) is 10.6. The number of benzene rings is 2. The fraction of sp³-hybridized carbons (Fsp3) is 0.333. The van der Waals surface area contributed by atoms with Crippen molar-refractivity contribution in [2.45, 2.75) is 32.9 Å². The van der Waals surface area contributed by atoms with E-state index in [0.29, 0.717) is 13.2 Å². The third kappa shape index (κ3) is 4.53. The Bertz CT molecular complexity index is 616. The van der Waals surface area contributed by atoms with Crippen LogP contribution < -0.4 is 10.1 Å². The molecule has 0 fully saturated rings. The predicted octanol–water partition coefficient (Wildman–Crippen LogP) is 4.60. The molecular weight excluding hydrogens is 284 g/mol. The molecule has 0 aliphatic rings. The van der Waals surface area contributed by atoms with Gasteiger partial charge in [0.25, 0.3) is 0 Å². The minimum absolute atomic E-state index is 0.0738. The van der Waals surface area contributed by atoms with E-state index in [2.05, 4.69) is 12.2 Å². The van der Waals surface area contributed by atoms with Gasteiger partial charge in [0.15, 0.2) is 11.6 Å². The number of nitrogens with one attached hydrogen (secondary N) is 1. The maximum absolute atomic E-state index is 13.3. The average Bonchev–Trinajstić information content (AvgIpc) is 2.53. The smallest absolute Gasteiger partial charge is 0.159 e. The summed E-state index contributed by atoms with van der Waals surface area (Å²) in [6, 6.07) is 11.8. The molecule has 0 radical (unpaired) electrons. The predicted molar refractivity (Wildman–Crippen MR) is 83.8 cm³/mol. The lowest BCUT2D eigenvalue weighted by molar-refractivity contribution is 0.317. The van der Waals surface area contributed by atoms with Crippen molar-refractivity contribution in [3.05, 3.63) is 65.2 Å². The Morgan fingerprint density at radius 1 is 1.09 bits per heavy atom. The Hall–Kier alpha value is -1.94. The summed E-state index contributed by atoms with van der Waals surface area (Å²) >= 11 is 0. The highest BCUT2D eigenvalue weighted by Crippen LogP contribution is 2.18. The Labute approximate surface area is 130 Å². The summed E-state index contributed by atoms with van der Waals surface area (Å²) < 4.78 is 31.8. The molecule has 0 amide bonds.